The Morgan fingerprint density at radius 1 is 1.08 bits per heavy atom. The summed E-state index contributed by atoms with van der Waals surface area (Å²) in [5, 5.41) is 12.6. The Morgan fingerprint density at radius 3 is 2.44 bits per heavy atom. The lowest BCUT2D eigenvalue weighted by molar-refractivity contribution is 0.292. The second-order valence-corrected chi connectivity index (χ2v) is 7.57. The van der Waals surface area contributed by atoms with Crippen molar-refractivity contribution in [3.8, 4) is 0 Å². The quantitative estimate of drug-likeness (QED) is 0.799. The van der Waals surface area contributed by atoms with E-state index >= 15 is 0 Å². The first-order valence-electron chi connectivity index (χ1n) is 9.14. The fraction of sp³-hybridized carbons (Fsp3) is 0.562. The molecule has 2 aliphatic rings. The molecule has 2 aliphatic heterocycles. The summed E-state index contributed by atoms with van der Waals surface area (Å²) in [6.45, 7) is 12.8. The van der Waals surface area contributed by atoms with E-state index in [2.05, 4.69) is 94.6 Å². The number of benzene rings is 1. The lowest BCUT2D eigenvalue weighted by Crippen LogP contribution is -2.76. The van der Waals surface area contributed by atoms with Gasteiger partial charge in [-0.3, -0.25) is 0 Å². The normalized spacial score (nSPS) is 22.4. The van der Waals surface area contributed by atoms with Crippen LogP contribution in [-0.2, 0) is 5.54 Å². The molecule has 1 atom stereocenters. The van der Waals surface area contributed by atoms with Crippen LogP contribution in [0.1, 0.15) is 27.2 Å². The first-order chi connectivity index (χ1) is 12.0. The summed E-state index contributed by atoms with van der Waals surface area (Å²) < 4.78 is 4.51. The maximum atomic E-state index is 4.35. The van der Waals surface area contributed by atoms with Gasteiger partial charge in [-0.25, -0.2) is 4.68 Å². The molecule has 3 heterocycles. The fourth-order valence-electron chi connectivity index (χ4n) is 4.55. The van der Waals surface area contributed by atoms with Gasteiger partial charge in [-0.2, -0.15) is 0 Å². The minimum absolute atomic E-state index is 0.144. The van der Waals surface area contributed by atoms with Gasteiger partial charge in [0.2, 0.25) is 5.95 Å². The summed E-state index contributed by atoms with van der Waals surface area (Å²) in [5.41, 5.74) is 1.000. The maximum absolute atomic E-state index is 4.35. The predicted molar refractivity (Wildman–Crippen MR) is 103 cm³/mol. The molecule has 1 unspecified atom stereocenters. The zero-order valence-electron chi connectivity index (χ0n) is 15.7. The van der Waals surface area contributed by atoms with Crippen LogP contribution in [0.3, 0.4) is 0 Å². The highest BCUT2D eigenvalue weighted by molar-refractivity contribution is 6.77. The molecule has 0 amide bonds. The molecule has 0 saturated carbocycles. The Hall–Kier alpha value is -2.02. The number of hydrogen-bond donors (Lipinski definition) is 0. The molecule has 2 aromatic rings. The van der Waals surface area contributed by atoms with Crippen LogP contribution in [0.5, 0.6) is 0 Å². The Balaban J connectivity index is 1.87. The highest BCUT2D eigenvalue weighted by Crippen LogP contribution is 2.43. The van der Waals surface area contributed by atoms with Gasteiger partial charge in [0.25, 0.3) is 0 Å². The SMILES string of the molecule is CCCN1B(C)N(c2ccccc2)C2N(B1C)c1nnnn1C2(C)C. The van der Waals surface area contributed by atoms with Gasteiger partial charge in [-0.05, 0) is 49.4 Å². The molecule has 0 spiro atoms. The van der Waals surface area contributed by atoms with Gasteiger partial charge in [0, 0.05) is 5.69 Å². The number of hydrogen-bond acceptors (Lipinski definition) is 6. The number of fused-ring (bicyclic) bond motifs is 3. The summed E-state index contributed by atoms with van der Waals surface area (Å²) >= 11 is 0. The molecule has 130 valence electrons. The molecule has 7 nitrogen and oxygen atoms in total. The van der Waals surface area contributed by atoms with E-state index in [0.717, 1.165) is 18.9 Å². The van der Waals surface area contributed by atoms with E-state index in [-0.39, 0.29) is 25.7 Å². The van der Waals surface area contributed by atoms with Crippen LogP contribution in [0.2, 0.25) is 13.6 Å². The molecule has 1 aromatic heterocycles. The number of para-hydroxylation sites is 1. The predicted octanol–water partition coefficient (Wildman–Crippen LogP) is 2.02. The molecule has 1 saturated heterocycles. The fourth-order valence-corrected chi connectivity index (χ4v) is 4.55. The Bertz CT molecular complexity index is 750. The van der Waals surface area contributed by atoms with E-state index in [1.165, 1.54) is 5.69 Å². The van der Waals surface area contributed by atoms with Crippen molar-refractivity contribution in [2.75, 3.05) is 16.2 Å². The second kappa shape index (κ2) is 5.76. The number of anilines is 2. The van der Waals surface area contributed by atoms with Crippen molar-refractivity contribution in [1.82, 2.24) is 24.9 Å². The Kier molecular flexibility index (Phi) is 3.79. The van der Waals surface area contributed by atoms with Gasteiger partial charge in [0.05, 0.1) is 5.54 Å². The van der Waals surface area contributed by atoms with E-state index in [0.29, 0.717) is 0 Å². The molecule has 9 heteroatoms. The zero-order chi connectivity index (χ0) is 17.8. The van der Waals surface area contributed by atoms with Crippen molar-refractivity contribution in [2.45, 2.75) is 52.5 Å². The maximum Gasteiger partial charge on any atom is 0.334 e. The molecule has 0 aliphatic carbocycles. The van der Waals surface area contributed by atoms with E-state index in [1.807, 2.05) is 4.68 Å². The lowest BCUT2D eigenvalue weighted by Gasteiger charge is -2.55. The molecule has 1 aromatic carbocycles. The minimum atomic E-state index is -0.227. The van der Waals surface area contributed by atoms with Crippen molar-refractivity contribution < 1.29 is 0 Å². The van der Waals surface area contributed by atoms with Crippen LogP contribution < -0.4 is 9.62 Å². The number of rotatable bonds is 3. The molecule has 1 fully saturated rings. The van der Waals surface area contributed by atoms with Crippen LogP contribution in [0.25, 0.3) is 0 Å². The lowest BCUT2D eigenvalue weighted by atomic mass is 9.55. The number of nitrogens with zero attached hydrogens (tertiary/aromatic N) is 7. The van der Waals surface area contributed by atoms with Gasteiger partial charge >= 0.3 is 14.0 Å². The Morgan fingerprint density at radius 2 is 1.76 bits per heavy atom. The van der Waals surface area contributed by atoms with E-state index in [9.17, 15) is 0 Å². The van der Waals surface area contributed by atoms with Gasteiger partial charge in [-0.15, -0.1) is 0 Å². The van der Waals surface area contributed by atoms with E-state index in [1.54, 1.807) is 0 Å². The Labute approximate surface area is 150 Å². The van der Waals surface area contributed by atoms with Crippen LogP contribution >= 0.6 is 0 Å². The highest BCUT2D eigenvalue weighted by atomic mass is 15.7. The van der Waals surface area contributed by atoms with Crippen molar-refractivity contribution in [3.63, 3.8) is 0 Å². The summed E-state index contributed by atoms with van der Waals surface area (Å²) in [5.74, 6) is 0.858. The first kappa shape index (κ1) is 16.4. The minimum Gasteiger partial charge on any atom is -0.381 e. The monoisotopic (exact) mass is 337 g/mol. The third kappa shape index (κ3) is 2.21. The molecular formula is C16H25B2N7. The summed E-state index contributed by atoms with van der Waals surface area (Å²) in [6.07, 6.45) is 1.26. The average Bonchev–Trinajstić information content (AvgIpc) is 3.15. The molecular weight excluding hydrogens is 312 g/mol. The second-order valence-electron chi connectivity index (χ2n) is 7.57. The van der Waals surface area contributed by atoms with Gasteiger partial charge in [0.1, 0.15) is 6.17 Å². The molecule has 25 heavy (non-hydrogen) atoms. The molecule has 4 rings (SSSR count). The number of aromatic nitrogens is 4. The third-order valence-corrected chi connectivity index (χ3v) is 5.69. The van der Waals surface area contributed by atoms with Crippen molar-refractivity contribution >= 4 is 25.6 Å². The van der Waals surface area contributed by atoms with Crippen molar-refractivity contribution in [3.05, 3.63) is 30.3 Å². The van der Waals surface area contributed by atoms with Crippen LogP contribution in [0.4, 0.5) is 11.6 Å². The summed E-state index contributed by atoms with van der Waals surface area (Å²) in [4.78, 5) is 4.88. The molecule has 0 bridgehead atoms. The number of tetrazole rings is 1. The standard InChI is InChI=1S/C16H25B2N7/c1-6-12-22-17(4)23(13-10-8-7-9-11-13)14-16(2,3)25-15(19-20-21-25)24(14)18(22)5/h7-11,14H,6,12H2,1-5H3. The van der Waals surface area contributed by atoms with E-state index < -0.39 is 0 Å². The van der Waals surface area contributed by atoms with E-state index in [4.69, 9.17) is 0 Å². The van der Waals surface area contributed by atoms with Crippen LogP contribution in [0.15, 0.2) is 30.3 Å². The first-order valence-corrected chi connectivity index (χ1v) is 9.14. The molecule has 0 N–H and O–H groups in total. The average molecular weight is 337 g/mol. The topological polar surface area (TPSA) is 53.3 Å². The summed E-state index contributed by atoms with van der Waals surface area (Å²) in [7, 11) is 0. The van der Waals surface area contributed by atoms with Crippen LogP contribution in [0, 0.1) is 0 Å². The van der Waals surface area contributed by atoms with Gasteiger partial charge in [-0.1, -0.05) is 43.9 Å². The third-order valence-electron chi connectivity index (χ3n) is 5.69. The summed E-state index contributed by atoms with van der Waals surface area (Å²) in [6, 6.07) is 10.7. The van der Waals surface area contributed by atoms with Gasteiger partial charge in [0.15, 0.2) is 0 Å². The van der Waals surface area contributed by atoms with Crippen molar-refractivity contribution in [2.24, 2.45) is 0 Å². The highest BCUT2D eigenvalue weighted by Gasteiger charge is 2.58. The van der Waals surface area contributed by atoms with Gasteiger partial charge < -0.3 is 14.3 Å². The van der Waals surface area contributed by atoms with Crippen LogP contribution in [-0.4, -0.2) is 51.6 Å². The smallest absolute Gasteiger partial charge is 0.334 e. The molecule has 0 radical (unpaired) electrons. The zero-order valence-corrected chi connectivity index (χ0v) is 15.7. The largest absolute Gasteiger partial charge is 0.381 e. The van der Waals surface area contributed by atoms with Crippen molar-refractivity contribution in [1.29, 1.82) is 0 Å².